The van der Waals surface area contributed by atoms with Gasteiger partial charge in [-0.3, -0.25) is 0 Å². The zero-order chi connectivity index (χ0) is 27.5. The van der Waals surface area contributed by atoms with Gasteiger partial charge in [-0.2, -0.15) is 0 Å². The normalized spacial score (nSPS) is 11.3. The SMILES string of the molecule is CCCCCCCCCCOc1ccc(-c2nnc(/N=C/c3cc(OCCCCCCC)ccc3O)s2)cc1. The Balaban J connectivity index is 1.43. The van der Waals surface area contributed by atoms with Gasteiger partial charge in [0.25, 0.3) is 0 Å². The number of phenolic OH excluding ortho intramolecular Hbond substituents is 1. The molecule has 0 saturated heterocycles. The number of unbranched alkanes of at least 4 members (excludes halogenated alkanes) is 11. The summed E-state index contributed by atoms with van der Waals surface area (Å²) in [6, 6.07) is 13.2. The van der Waals surface area contributed by atoms with Crippen LogP contribution in [0, 0.1) is 0 Å². The third kappa shape index (κ3) is 11.8. The van der Waals surface area contributed by atoms with Crippen LogP contribution >= 0.6 is 11.3 Å². The minimum Gasteiger partial charge on any atom is -0.507 e. The molecule has 0 saturated carbocycles. The highest BCUT2D eigenvalue weighted by Gasteiger charge is 2.07. The molecule has 7 heteroatoms. The molecule has 0 unspecified atom stereocenters. The summed E-state index contributed by atoms with van der Waals surface area (Å²) in [5.74, 6) is 1.76. The third-order valence-electron chi connectivity index (χ3n) is 6.61. The van der Waals surface area contributed by atoms with E-state index < -0.39 is 0 Å². The lowest BCUT2D eigenvalue weighted by molar-refractivity contribution is 0.304. The fourth-order valence-corrected chi connectivity index (χ4v) is 4.95. The molecule has 39 heavy (non-hydrogen) atoms. The van der Waals surface area contributed by atoms with Crippen molar-refractivity contribution in [1.82, 2.24) is 10.2 Å². The molecule has 0 fully saturated rings. The van der Waals surface area contributed by atoms with E-state index in [0.717, 1.165) is 41.5 Å². The summed E-state index contributed by atoms with van der Waals surface area (Å²) in [5, 5.41) is 20.0. The molecule has 1 aromatic heterocycles. The van der Waals surface area contributed by atoms with Crippen LogP contribution < -0.4 is 9.47 Å². The predicted molar refractivity (Wildman–Crippen MR) is 163 cm³/mol. The van der Waals surface area contributed by atoms with E-state index in [1.54, 1.807) is 24.4 Å². The minimum atomic E-state index is 0.154. The van der Waals surface area contributed by atoms with E-state index in [1.807, 2.05) is 24.3 Å². The van der Waals surface area contributed by atoms with Crippen LogP contribution in [0.3, 0.4) is 0 Å². The maximum Gasteiger partial charge on any atom is 0.231 e. The molecule has 0 spiro atoms. The van der Waals surface area contributed by atoms with Crippen molar-refractivity contribution in [2.24, 2.45) is 4.99 Å². The van der Waals surface area contributed by atoms with E-state index in [-0.39, 0.29) is 5.75 Å². The predicted octanol–water partition coefficient (Wildman–Crippen LogP) is 9.53. The first kappa shape index (κ1) is 30.6. The smallest absolute Gasteiger partial charge is 0.231 e. The van der Waals surface area contributed by atoms with E-state index >= 15 is 0 Å². The van der Waals surface area contributed by atoms with Crippen molar-refractivity contribution in [3.8, 4) is 27.8 Å². The fraction of sp³-hybridized carbons (Fsp3) is 0.531. The number of hydrogen-bond donors (Lipinski definition) is 1. The molecular weight excluding hydrogens is 506 g/mol. The van der Waals surface area contributed by atoms with Crippen molar-refractivity contribution < 1.29 is 14.6 Å². The molecule has 212 valence electrons. The van der Waals surface area contributed by atoms with Gasteiger partial charge < -0.3 is 14.6 Å². The fourth-order valence-electron chi connectivity index (χ4n) is 4.25. The Morgan fingerprint density at radius 2 is 1.28 bits per heavy atom. The molecule has 3 rings (SSSR count). The number of rotatable bonds is 20. The topological polar surface area (TPSA) is 76.8 Å². The lowest BCUT2D eigenvalue weighted by atomic mass is 10.1. The van der Waals surface area contributed by atoms with Crippen LogP contribution in [0.15, 0.2) is 47.5 Å². The Morgan fingerprint density at radius 3 is 1.92 bits per heavy atom. The lowest BCUT2D eigenvalue weighted by Gasteiger charge is -2.07. The van der Waals surface area contributed by atoms with Gasteiger partial charge in [0, 0.05) is 17.3 Å². The minimum absolute atomic E-state index is 0.154. The van der Waals surface area contributed by atoms with Gasteiger partial charge in [0.05, 0.1) is 13.2 Å². The Kier molecular flexibility index (Phi) is 14.4. The van der Waals surface area contributed by atoms with Crippen LogP contribution in [0.5, 0.6) is 17.2 Å². The second kappa shape index (κ2) is 18.4. The lowest BCUT2D eigenvalue weighted by Crippen LogP contribution is -1.98. The average Bonchev–Trinajstić information content (AvgIpc) is 3.43. The molecular formula is C32H45N3O3S. The van der Waals surface area contributed by atoms with Gasteiger partial charge in [0.2, 0.25) is 5.13 Å². The number of hydrogen-bond acceptors (Lipinski definition) is 7. The van der Waals surface area contributed by atoms with Crippen molar-refractivity contribution >= 4 is 22.7 Å². The highest BCUT2D eigenvalue weighted by molar-refractivity contribution is 7.18. The Hall–Kier alpha value is -2.93. The van der Waals surface area contributed by atoms with Crippen LogP contribution in [0.25, 0.3) is 10.6 Å². The third-order valence-corrected chi connectivity index (χ3v) is 7.49. The van der Waals surface area contributed by atoms with Gasteiger partial charge in [0.1, 0.15) is 22.3 Å². The summed E-state index contributed by atoms with van der Waals surface area (Å²) in [7, 11) is 0. The summed E-state index contributed by atoms with van der Waals surface area (Å²) in [5.41, 5.74) is 1.57. The first-order valence-electron chi connectivity index (χ1n) is 14.8. The van der Waals surface area contributed by atoms with Gasteiger partial charge in [0.15, 0.2) is 0 Å². The van der Waals surface area contributed by atoms with E-state index in [1.165, 1.54) is 82.0 Å². The van der Waals surface area contributed by atoms with Crippen molar-refractivity contribution in [2.75, 3.05) is 13.2 Å². The standard InChI is InChI=1S/C32H45N3O3S/c1-3-5-7-9-10-11-13-15-22-37-28-18-16-26(17-19-28)31-34-35-32(39-31)33-25-27-24-29(20-21-30(27)36)38-23-14-12-8-6-4-2/h16-21,24-25,36H,3-15,22-23H2,1-2H3/b33-25+. The molecule has 3 aromatic rings. The van der Waals surface area contributed by atoms with Crippen molar-refractivity contribution in [1.29, 1.82) is 0 Å². The molecule has 0 bridgehead atoms. The number of nitrogens with zero attached hydrogens (tertiary/aromatic N) is 3. The molecule has 0 amide bonds. The monoisotopic (exact) mass is 551 g/mol. The first-order valence-corrected chi connectivity index (χ1v) is 15.6. The maximum atomic E-state index is 10.2. The average molecular weight is 552 g/mol. The highest BCUT2D eigenvalue weighted by atomic mass is 32.1. The van der Waals surface area contributed by atoms with Crippen molar-refractivity contribution in [2.45, 2.75) is 97.3 Å². The zero-order valence-electron chi connectivity index (χ0n) is 23.7. The second-order valence-corrected chi connectivity index (χ2v) is 10.9. The van der Waals surface area contributed by atoms with Crippen LogP contribution in [0.4, 0.5) is 5.13 Å². The molecule has 6 nitrogen and oxygen atoms in total. The summed E-state index contributed by atoms with van der Waals surface area (Å²) < 4.78 is 11.8. The number of phenols is 1. The van der Waals surface area contributed by atoms with E-state index in [9.17, 15) is 5.11 Å². The van der Waals surface area contributed by atoms with Crippen LogP contribution in [-0.4, -0.2) is 34.7 Å². The van der Waals surface area contributed by atoms with Gasteiger partial charge >= 0.3 is 0 Å². The number of aromatic hydroxyl groups is 1. The Bertz CT molecular complexity index is 1100. The van der Waals surface area contributed by atoms with Crippen LogP contribution in [0.2, 0.25) is 0 Å². The molecule has 0 atom stereocenters. The highest BCUT2D eigenvalue weighted by Crippen LogP contribution is 2.30. The van der Waals surface area contributed by atoms with E-state index in [0.29, 0.717) is 17.3 Å². The molecule has 0 aliphatic heterocycles. The molecule has 0 aliphatic carbocycles. The summed E-state index contributed by atoms with van der Waals surface area (Å²) in [6.07, 6.45) is 17.9. The van der Waals surface area contributed by atoms with Crippen molar-refractivity contribution in [3.05, 3.63) is 48.0 Å². The number of aromatic nitrogens is 2. The largest absolute Gasteiger partial charge is 0.507 e. The van der Waals surface area contributed by atoms with Crippen molar-refractivity contribution in [3.63, 3.8) is 0 Å². The Morgan fingerprint density at radius 1 is 0.718 bits per heavy atom. The summed E-state index contributed by atoms with van der Waals surface area (Å²) in [6.45, 7) is 5.90. The van der Waals surface area contributed by atoms with Gasteiger partial charge in [-0.15, -0.1) is 10.2 Å². The van der Waals surface area contributed by atoms with Crippen LogP contribution in [0.1, 0.15) is 103 Å². The molecule has 1 heterocycles. The Labute approximate surface area is 238 Å². The maximum absolute atomic E-state index is 10.2. The van der Waals surface area contributed by atoms with Crippen LogP contribution in [-0.2, 0) is 0 Å². The molecule has 0 radical (unpaired) electrons. The van der Waals surface area contributed by atoms with E-state index in [4.69, 9.17) is 9.47 Å². The molecule has 1 N–H and O–H groups in total. The van der Waals surface area contributed by atoms with Gasteiger partial charge in [-0.05, 0) is 55.3 Å². The molecule has 0 aliphatic rings. The van der Waals surface area contributed by atoms with E-state index in [2.05, 4.69) is 29.0 Å². The quantitative estimate of drug-likeness (QED) is 0.112. The summed E-state index contributed by atoms with van der Waals surface area (Å²) in [4.78, 5) is 4.44. The number of aliphatic imine (C=N–C) groups is 1. The zero-order valence-corrected chi connectivity index (χ0v) is 24.6. The second-order valence-electron chi connectivity index (χ2n) is 9.98. The number of ether oxygens (including phenoxy) is 2. The number of benzene rings is 2. The van der Waals surface area contributed by atoms with Gasteiger partial charge in [-0.25, -0.2) is 4.99 Å². The summed E-state index contributed by atoms with van der Waals surface area (Å²) >= 11 is 1.40. The first-order chi connectivity index (χ1) is 19.2. The van der Waals surface area contributed by atoms with Gasteiger partial charge in [-0.1, -0.05) is 95.8 Å². The molecule has 2 aromatic carbocycles.